The Kier molecular flexibility index (Phi) is 4.35. The highest BCUT2D eigenvalue weighted by Gasteiger charge is 2.08. The first-order valence-electron chi connectivity index (χ1n) is 6.17. The zero-order chi connectivity index (χ0) is 14.4. The van der Waals surface area contributed by atoms with Gasteiger partial charge < -0.3 is 10.1 Å². The molecule has 0 saturated heterocycles. The summed E-state index contributed by atoms with van der Waals surface area (Å²) < 4.78 is 6.76. The minimum Gasteiger partial charge on any atom is -0.494 e. The summed E-state index contributed by atoms with van der Waals surface area (Å²) in [5.74, 6) is 0.886. The summed E-state index contributed by atoms with van der Waals surface area (Å²) in [6, 6.07) is 10.5. The first kappa shape index (κ1) is 13.6. The van der Waals surface area contributed by atoms with E-state index in [1.54, 1.807) is 36.5 Å². The highest BCUT2D eigenvalue weighted by Crippen LogP contribution is 2.13. The highest BCUT2D eigenvalue weighted by molar-refractivity contribution is 6.03. The van der Waals surface area contributed by atoms with E-state index >= 15 is 0 Å². The summed E-state index contributed by atoms with van der Waals surface area (Å²) in [5.41, 5.74) is 0.517. The Hall–Kier alpha value is -2.81. The maximum Gasteiger partial charge on any atom is 0.256 e. The van der Waals surface area contributed by atoms with Crippen molar-refractivity contribution in [3.63, 3.8) is 0 Å². The van der Waals surface area contributed by atoms with Crippen LogP contribution in [-0.4, -0.2) is 22.3 Å². The van der Waals surface area contributed by atoms with Gasteiger partial charge in [-0.05, 0) is 31.2 Å². The lowest BCUT2D eigenvalue weighted by Gasteiger charge is -2.05. The molecule has 2 rings (SSSR count). The summed E-state index contributed by atoms with van der Waals surface area (Å²) in [6.45, 7) is 2.64. The number of hydrogen-bond donors (Lipinski definition) is 1. The van der Waals surface area contributed by atoms with Crippen LogP contribution in [0.15, 0.2) is 36.5 Å². The van der Waals surface area contributed by atoms with Crippen LogP contribution < -0.4 is 10.1 Å². The maximum atomic E-state index is 12.0. The van der Waals surface area contributed by atoms with Crippen LogP contribution in [0.5, 0.6) is 5.75 Å². The van der Waals surface area contributed by atoms with Crippen LogP contribution in [0.25, 0.3) is 0 Å². The average Bonchev–Trinajstić information content (AvgIpc) is 2.88. The van der Waals surface area contributed by atoms with E-state index in [0.29, 0.717) is 18.0 Å². The fourth-order valence-electron chi connectivity index (χ4n) is 1.65. The van der Waals surface area contributed by atoms with Crippen LogP contribution in [-0.2, 0) is 6.54 Å². The summed E-state index contributed by atoms with van der Waals surface area (Å²) in [5, 5.41) is 15.3. The molecule has 6 nitrogen and oxygen atoms in total. The monoisotopic (exact) mass is 270 g/mol. The zero-order valence-corrected chi connectivity index (χ0v) is 11.0. The Morgan fingerprint density at radius 3 is 2.80 bits per heavy atom. The largest absolute Gasteiger partial charge is 0.494 e. The topological polar surface area (TPSA) is 79.9 Å². The van der Waals surface area contributed by atoms with Crippen molar-refractivity contribution >= 4 is 11.7 Å². The second-order valence-corrected chi connectivity index (χ2v) is 3.97. The third-order valence-electron chi connectivity index (χ3n) is 2.54. The van der Waals surface area contributed by atoms with Crippen molar-refractivity contribution in [3.8, 4) is 11.8 Å². The Bertz CT molecular complexity index is 625. The van der Waals surface area contributed by atoms with Gasteiger partial charge in [0, 0.05) is 17.8 Å². The number of nitrogens with zero attached hydrogens (tertiary/aromatic N) is 3. The number of rotatable bonds is 5. The minimum absolute atomic E-state index is 0.152. The molecule has 6 heteroatoms. The lowest BCUT2D eigenvalue weighted by molar-refractivity contribution is 0.102. The number of aromatic nitrogens is 2. The van der Waals surface area contributed by atoms with Crippen molar-refractivity contribution in [1.29, 1.82) is 5.26 Å². The van der Waals surface area contributed by atoms with E-state index in [1.165, 1.54) is 4.68 Å². The molecule has 0 spiro atoms. The second kappa shape index (κ2) is 6.38. The number of anilines is 1. The number of nitrogens with one attached hydrogen (secondary N) is 1. The first-order valence-corrected chi connectivity index (χ1v) is 6.17. The number of amides is 1. The standard InChI is InChI=1S/C14H14N4O2/c1-2-20-12-5-3-11(4-6-12)14(19)16-13-7-9-18(17-13)10-8-15/h3-7,9H,2,10H2,1H3,(H,16,17,19). The van der Waals surface area contributed by atoms with Gasteiger partial charge in [-0.2, -0.15) is 10.4 Å². The van der Waals surface area contributed by atoms with Crippen LogP contribution in [0, 0.1) is 11.3 Å². The van der Waals surface area contributed by atoms with Gasteiger partial charge in [-0.3, -0.25) is 9.48 Å². The quantitative estimate of drug-likeness (QED) is 0.901. The van der Waals surface area contributed by atoms with E-state index in [0.717, 1.165) is 5.75 Å². The molecule has 2 aromatic rings. The number of hydrogen-bond acceptors (Lipinski definition) is 4. The summed E-state index contributed by atoms with van der Waals surface area (Å²) in [7, 11) is 0. The molecule has 1 aromatic carbocycles. The molecular weight excluding hydrogens is 256 g/mol. The van der Waals surface area contributed by atoms with Crippen molar-refractivity contribution in [2.24, 2.45) is 0 Å². The van der Waals surface area contributed by atoms with Gasteiger partial charge in [-0.15, -0.1) is 0 Å². The van der Waals surface area contributed by atoms with E-state index < -0.39 is 0 Å². The molecule has 1 N–H and O–H groups in total. The van der Waals surface area contributed by atoms with Crippen LogP contribution in [0.1, 0.15) is 17.3 Å². The van der Waals surface area contributed by atoms with Crippen molar-refractivity contribution in [2.75, 3.05) is 11.9 Å². The molecule has 0 aliphatic rings. The molecule has 1 heterocycles. The molecule has 0 bridgehead atoms. The van der Waals surface area contributed by atoms with E-state index in [2.05, 4.69) is 10.4 Å². The van der Waals surface area contributed by atoms with E-state index in [-0.39, 0.29) is 12.5 Å². The lowest BCUT2D eigenvalue weighted by atomic mass is 10.2. The second-order valence-electron chi connectivity index (χ2n) is 3.97. The average molecular weight is 270 g/mol. The first-order chi connectivity index (χ1) is 9.72. The normalized spacial score (nSPS) is 9.80. The van der Waals surface area contributed by atoms with Gasteiger partial charge in [0.1, 0.15) is 12.3 Å². The third kappa shape index (κ3) is 3.36. The SMILES string of the molecule is CCOc1ccc(C(=O)Nc2ccn(CC#N)n2)cc1. The Balaban J connectivity index is 2.01. The van der Waals surface area contributed by atoms with E-state index in [9.17, 15) is 4.79 Å². The van der Waals surface area contributed by atoms with Crippen LogP contribution in [0.3, 0.4) is 0 Å². The molecule has 0 aliphatic carbocycles. The summed E-state index contributed by atoms with van der Waals surface area (Å²) in [6.07, 6.45) is 1.64. The van der Waals surface area contributed by atoms with Gasteiger partial charge in [-0.25, -0.2) is 0 Å². The number of nitriles is 1. The lowest BCUT2D eigenvalue weighted by Crippen LogP contribution is -2.12. The fraction of sp³-hybridized carbons (Fsp3) is 0.214. The molecule has 20 heavy (non-hydrogen) atoms. The number of benzene rings is 1. The highest BCUT2D eigenvalue weighted by atomic mass is 16.5. The number of carbonyl (C=O) groups is 1. The molecule has 0 atom stereocenters. The van der Waals surface area contributed by atoms with E-state index in [4.69, 9.17) is 10.00 Å². The van der Waals surface area contributed by atoms with Crippen LogP contribution >= 0.6 is 0 Å². The summed E-state index contributed by atoms with van der Waals surface area (Å²) >= 11 is 0. The maximum absolute atomic E-state index is 12.0. The Morgan fingerprint density at radius 2 is 2.15 bits per heavy atom. The molecule has 0 unspecified atom stereocenters. The minimum atomic E-state index is -0.254. The van der Waals surface area contributed by atoms with Gasteiger partial charge in [0.25, 0.3) is 5.91 Å². The summed E-state index contributed by atoms with van der Waals surface area (Å²) in [4.78, 5) is 12.0. The molecular formula is C14H14N4O2. The van der Waals surface area contributed by atoms with Gasteiger partial charge in [-0.1, -0.05) is 0 Å². The van der Waals surface area contributed by atoms with Crippen LogP contribution in [0.2, 0.25) is 0 Å². The molecule has 0 saturated carbocycles. The molecule has 0 radical (unpaired) electrons. The predicted molar refractivity (Wildman–Crippen MR) is 73.4 cm³/mol. The van der Waals surface area contributed by atoms with Gasteiger partial charge in [0.05, 0.1) is 12.7 Å². The fourth-order valence-corrected chi connectivity index (χ4v) is 1.65. The molecule has 102 valence electrons. The molecule has 1 aromatic heterocycles. The Morgan fingerprint density at radius 1 is 1.40 bits per heavy atom. The van der Waals surface area contributed by atoms with Crippen molar-refractivity contribution in [2.45, 2.75) is 13.5 Å². The van der Waals surface area contributed by atoms with Gasteiger partial charge in [0.2, 0.25) is 0 Å². The van der Waals surface area contributed by atoms with Crippen molar-refractivity contribution in [1.82, 2.24) is 9.78 Å². The van der Waals surface area contributed by atoms with Crippen LogP contribution in [0.4, 0.5) is 5.82 Å². The smallest absolute Gasteiger partial charge is 0.256 e. The molecule has 1 amide bonds. The molecule has 0 fully saturated rings. The predicted octanol–water partition coefficient (Wildman–Crippen LogP) is 2.06. The Labute approximate surface area is 116 Å². The number of ether oxygens (including phenoxy) is 1. The van der Waals surface area contributed by atoms with Crippen molar-refractivity contribution < 1.29 is 9.53 Å². The van der Waals surface area contributed by atoms with E-state index in [1.807, 2.05) is 13.0 Å². The van der Waals surface area contributed by atoms with Crippen molar-refractivity contribution in [3.05, 3.63) is 42.1 Å². The third-order valence-corrected chi connectivity index (χ3v) is 2.54. The number of carbonyl (C=O) groups excluding carboxylic acids is 1. The zero-order valence-electron chi connectivity index (χ0n) is 11.0. The molecule has 0 aliphatic heterocycles. The van der Waals surface area contributed by atoms with Gasteiger partial charge in [0.15, 0.2) is 5.82 Å². The van der Waals surface area contributed by atoms with Gasteiger partial charge >= 0.3 is 0 Å².